The lowest BCUT2D eigenvalue weighted by molar-refractivity contribution is 0.214. The largest absolute Gasteiger partial charge is 0.393 e. The van der Waals surface area contributed by atoms with Gasteiger partial charge in [-0.2, -0.15) is 0 Å². The van der Waals surface area contributed by atoms with Gasteiger partial charge < -0.3 is 10.4 Å². The number of nitrogens with zero attached hydrogens (tertiary/aromatic N) is 2. The number of rotatable bonds is 5. The molecular formula is C17H21N3O. The topological polar surface area (TPSA) is 57.0 Å². The van der Waals surface area contributed by atoms with E-state index in [0.717, 1.165) is 36.4 Å². The number of hydrogen-bond donors (Lipinski definition) is 2. The van der Waals surface area contributed by atoms with Crippen LogP contribution < -0.4 is 5.32 Å². The van der Waals surface area contributed by atoms with Crippen LogP contribution >= 0.6 is 0 Å². The first-order valence-corrected chi connectivity index (χ1v) is 7.57. The molecule has 110 valence electrons. The van der Waals surface area contributed by atoms with Crippen LogP contribution in [-0.4, -0.2) is 29.4 Å². The highest BCUT2D eigenvalue weighted by Gasteiger charge is 2.35. The first kappa shape index (κ1) is 14.0. The van der Waals surface area contributed by atoms with E-state index in [4.69, 9.17) is 0 Å². The van der Waals surface area contributed by atoms with E-state index in [9.17, 15) is 5.11 Å². The van der Waals surface area contributed by atoms with E-state index in [-0.39, 0.29) is 12.8 Å². The van der Waals surface area contributed by atoms with Gasteiger partial charge in [0.1, 0.15) is 23.3 Å². The Morgan fingerprint density at radius 2 is 2.05 bits per heavy atom. The molecule has 0 fully saturated rings. The van der Waals surface area contributed by atoms with Crippen LogP contribution in [-0.2, 0) is 5.54 Å². The Morgan fingerprint density at radius 1 is 1.24 bits per heavy atom. The van der Waals surface area contributed by atoms with Gasteiger partial charge in [-0.15, -0.1) is 0 Å². The van der Waals surface area contributed by atoms with Gasteiger partial charge >= 0.3 is 0 Å². The molecule has 3 rings (SSSR count). The Labute approximate surface area is 125 Å². The summed E-state index contributed by atoms with van der Waals surface area (Å²) in [7, 11) is 0. The van der Waals surface area contributed by atoms with Crippen molar-refractivity contribution in [2.75, 3.05) is 6.61 Å². The van der Waals surface area contributed by atoms with E-state index in [0.29, 0.717) is 0 Å². The fraction of sp³-hybridized carbons (Fsp3) is 0.412. The van der Waals surface area contributed by atoms with Crippen molar-refractivity contribution < 1.29 is 5.11 Å². The number of benzene rings is 1. The lowest BCUT2D eigenvalue weighted by Gasteiger charge is -2.34. The smallest absolute Gasteiger partial charge is 0.150 e. The van der Waals surface area contributed by atoms with Crippen molar-refractivity contribution in [3.8, 4) is 0 Å². The predicted octanol–water partition coefficient (Wildman–Crippen LogP) is 2.40. The SMILES string of the molecule is CCCCC1N=C2C=CC(CO)(c3ccccc3)NC2=N1. The Morgan fingerprint density at radius 3 is 2.76 bits per heavy atom. The van der Waals surface area contributed by atoms with Crippen LogP contribution in [0, 0.1) is 0 Å². The Hall–Kier alpha value is -1.94. The van der Waals surface area contributed by atoms with E-state index in [2.05, 4.69) is 22.2 Å². The molecule has 2 aliphatic rings. The summed E-state index contributed by atoms with van der Waals surface area (Å²) in [6, 6.07) is 9.96. The van der Waals surface area contributed by atoms with Crippen LogP contribution in [0.25, 0.3) is 0 Å². The predicted molar refractivity (Wildman–Crippen MR) is 85.7 cm³/mol. The first-order chi connectivity index (χ1) is 10.3. The van der Waals surface area contributed by atoms with Crippen molar-refractivity contribution in [3.05, 3.63) is 48.0 Å². The second-order valence-electron chi connectivity index (χ2n) is 5.57. The van der Waals surface area contributed by atoms with Crippen molar-refractivity contribution >= 4 is 11.5 Å². The number of aliphatic hydroxyl groups is 1. The van der Waals surface area contributed by atoms with Crippen molar-refractivity contribution in [1.29, 1.82) is 0 Å². The van der Waals surface area contributed by atoms with E-state index in [1.165, 1.54) is 0 Å². The zero-order valence-corrected chi connectivity index (χ0v) is 12.3. The molecule has 21 heavy (non-hydrogen) atoms. The van der Waals surface area contributed by atoms with E-state index >= 15 is 0 Å². The molecule has 0 saturated heterocycles. The molecule has 0 saturated carbocycles. The van der Waals surface area contributed by atoms with Crippen molar-refractivity contribution in [1.82, 2.24) is 5.32 Å². The molecule has 1 aromatic carbocycles. The third-order valence-corrected chi connectivity index (χ3v) is 4.03. The molecule has 2 aliphatic heterocycles. The second-order valence-corrected chi connectivity index (χ2v) is 5.57. The summed E-state index contributed by atoms with van der Waals surface area (Å²) in [5, 5.41) is 13.3. The van der Waals surface area contributed by atoms with Gasteiger partial charge in [-0.05, 0) is 24.5 Å². The molecule has 0 amide bonds. The average Bonchev–Trinajstić information content (AvgIpc) is 2.95. The van der Waals surface area contributed by atoms with Crippen LogP contribution in [0.4, 0.5) is 0 Å². The maximum absolute atomic E-state index is 9.91. The Kier molecular flexibility index (Phi) is 3.88. The lowest BCUT2D eigenvalue weighted by Crippen LogP contribution is -2.51. The molecule has 4 nitrogen and oxygen atoms in total. The fourth-order valence-corrected chi connectivity index (χ4v) is 2.76. The summed E-state index contributed by atoms with van der Waals surface area (Å²) in [5.74, 6) is 0.802. The molecule has 4 heteroatoms. The number of aliphatic hydroxyl groups excluding tert-OH is 1. The third kappa shape index (κ3) is 2.63. The molecule has 1 aromatic rings. The fourth-order valence-electron chi connectivity index (χ4n) is 2.76. The van der Waals surface area contributed by atoms with Gasteiger partial charge in [-0.25, -0.2) is 4.99 Å². The monoisotopic (exact) mass is 283 g/mol. The number of hydrogen-bond acceptors (Lipinski definition) is 4. The minimum Gasteiger partial charge on any atom is -0.393 e. The number of unbranched alkanes of at least 4 members (excludes halogenated alkanes) is 1. The molecule has 2 N–H and O–H groups in total. The van der Waals surface area contributed by atoms with E-state index in [1.54, 1.807) is 0 Å². The summed E-state index contributed by atoms with van der Waals surface area (Å²) < 4.78 is 0. The van der Waals surface area contributed by atoms with Crippen LogP contribution in [0.1, 0.15) is 31.7 Å². The van der Waals surface area contributed by atoms with Gasteiger partial charge in [-0.3, -0.25) is 4.99 Å². The molecule has 0 spiro atoms. The van der Waals surface area contributed by atoms with Crippen molar-refractivity contribution in [2.45, 2.75) is 37.9 Å². The number of aliphatic imine (C=N–C) groups is 2. The summed E-state index contributed by atoms with van der Waals surface area (Å²) in [4.78, 5) is 9.28. The summed E-state index contributed by atoms with van der Waals surface area (Å²) >= 11 is 0. The van der Waals surface area contributed by atoms with Crippen LogP contribution in [0.15, 0.2) is 52.5 Å². The van der Waals surface area contributed by atoms with Gasteiger partial charge in [0, 0.05) is 0 Å². The van der Waals surface area contributed by atoms with Crippen molar-refractivity contribution in [2.24, 2.45) is 9.98 Å². The minimum atomic E-state index is -0.598. The maximum atomic E-state index is 9.91. The van der Waals surface area contributed by atoms with Crippen molar-refractivity contribution in [3.63, 3.8) is 0 Å². The highest BCUT2D eigenvalue weighted by molar-refractivity contribution is 6.47. The highest BCUT2D eigenvalue weighted by atomic mass is 16.3. The molecule has 2 heterocycles. The summed E-state index contributed by atoms with van der Waals surface area (Å²) in [5.41, 5.74) is 1.33. The highest BCUT2D eigenvalue weighted by Crippen LogP contribution is 2.27. The number of amidine groups is 1. The minimum absolute atomic E-state index is 0.0144. The van der Waals surface area contributed by atoms with Crippen LogP contribution in [0.5, 0.6) is 0 Å². The van der Waals surface area contributed by atoms with E-state index < -0.39 is 5.54 Å². The maximum Gasteiger partial charge on any atom is 0.150 e. The molecular weight excluding hydrogens is 262 g/mol. The average molecular weight is 283 g/mol. The normalized spacial score (nSPS) is 26.9. The van der Waals surface area contributed by atoms with Crippen LogP contribution in [0.2, 0.25) is 0 Å². The molecule has 2 unspecified atom stereocenters. The zero-order chi connectivity index (χ0) is 14.7. The molecule has 2 atom stereocenters. The Bertz CT molecular complexity index is 591. The van der Waals surface area contributed by atoms with Gasteiger partial charge in [0.2, 0.25) is 0 Å². The Balaban J connectivity index is 1.87. The second kappa shape index (κ2) is 5.82. The van der Waals surface area contributed by atoms with Crippen LogP contribution in [0.3, 0.4) is 0 Å². The first-order valence-electron chi connectivity index (χ1n) is 7.57. The zero-order valence-electron chi connectivity index (χ0n) is 12.3. The molecule has 0 aromatic heterocycles. The number of fused-ring (bicyclic) bond motifs is 1. The standard InChI is InChI=1S/C17H21N3O/c1-2-3-9-15-18-14-10-11-17(12-21,20-16(14)19-15)13-7-5-4-6-8-13/h4-8,10-11,15,21H,2-3,9,12H2,1H3,(H,19,20). The van der Waals surface area contributed by atoms with Gasteiger partial charge in [0.25, 0.3) is 0 Å². The molecule has 0 aliphatic carbocycles. The molecule has 0 radical (unpaired) electrons. The third-order valence-electron chi connectivity index (χ3n) is 4.03. The molecule has 0 bridgehead atoms. The van der Waals surface area contributed by atoms with E-state index in [1.807, 2.05) is 42.5 Å². The number of nitrogens with one attached hydrogen (secondary N) is 1. The summed E-state index contributed by atoms with van der Waals surface area (Å²) in [6.45, 7) is 2.16. The van der Waals surface area contributed by atoms with Gasteiger partial charge in [0.15, 0.2) is 0 Å². The quantitative estimate of drug-likeness (QED) is 0.872. The van der Waals surface area contributed by atoms with Gasteiger partial charge in [0.05, 0.1) is 6.61 Å². The summed E-state index contributed by atoms with van der Waals surface area (Å²) in [6.07, 6.45) is 7.26. The van der Waals surface area contributed by atoms with Gasteiger partial charge in [-0.1, -0.05) is 49.8 Å². The lowest BCUT2D eigenvalue weighted by atomic mass is 9.87.